The normalized spacial score (nSPS) is 17.8. The highest BCUT2D eigenvalue weighted by atomic mass is 79.9. The van der Waals surface area contributed by atoms with Gasteiger partial charge >= 0.3 is 0 Å². The van der Waals surface area contributed by atoms with E-state index in [0.717, 1.165) is 4.47 Å². The number of rotatable bonds is 4. The molecule has 20 heavy (non-hydrogen) atoms. The van der Waals surface area contributed by atoms with E-state index in [9.17, 15) is 0 Å². The summed E-state index contributed by atoms with van der Waals surface area (Å²) in [6.45, 7) is 0. The van der Waals surface area contributed by atoms with Gasteiger partial charge < -0.3 is 5.32 Å². The quantitative estimate of drug-likeness (QED) is 0.750. The van der Waals surface area contributed by atoms with E-state index in [4.69, 9.17) is 0 Å². The second-order valence-corrected chi connectivity index (χ2v) is 7.18. The molecule has 0 amide bonds. The summed E-state index contributed by atoms with van der Waals surface area (Å²) in [6, 6.07) is 17.6. The van der Waals surface area contributed by atoms with Crippen LogP contribution in [0.25, 0.3) is 0 Å². The summed E-state index contributed by atoms with van der Waals surface area (Å²) in [5, 5.41) is 3.54. The van der Waals surface area contributed by atoms with Crippen molar-refractivity contribution in [3.63, 3.8) is 0 Å². The maximum Gasteiger partial charge on any atom is 0.0427 e. The number of hydrogen-bond acceptors (Lipinski definition) is 1. The van der Waals surface area contributed by atoms with Crippen LogP contribution in [0.2, 0.25) is 0 Å². The van der Waals surface area contributed by atoms with Crippen molar-refractivity contribution in [2.45, 2.75) is 24.3 Å². The van der Waals surface area contributed by atoms with Gasteiger partial charge in [0.25, 0.3) is 0 Å². The highest BCUT2D eigenvalue weighted by molar-refractivity contribution is 9.11. The molecule has 1 fully saturated rings. The molecule has 0 spiro atoms. The zero-order chi connectivity index (χ0) is 14.2. The lowest BCUT2D eigenvalue weighted by Gasteiger charge is -2.29. The average Bonchev–Trinajstić information content (AvgIpc) is 3.26. The summed E-state index contributed by atoms with van der Waals surface area (Å²) in [4.78, 5) is 0. The molecule has 1 aliphatic carbocycles. The number of halogens is 2. The van der Waals surface area contributed by atoms with E-state index in [-0.39, 0.29) is 5.41 Å². The van der Waals surface area contributed by atoms with Gasteiger partial charge in [-0.15, -0.1) is 0 Å². The van der Waals surface area contributed by atoms with Gasteiger partial charge in [0.2, 0.25) is 0 Å². The van der Waals surface area contributed by atoms with Gasteiger partial charge in [-0.25, -0.2) is 0 Å². The molecule has 1 atom stereocenters. The Hall–Kier alpha value is -0.640. The van der Waals surface area contributed by atoms with E-state index >= 15 is 0 Å². The van der Waals surface area contributed by atoms with Crippen LogP contribution < -0.4 is 5.32 Å². The summed E-state index contributed by atoms with van der Waals surface area (Å²) in [5.41, 5.74) is 2.99. The van der Waals surface area contributed by atoms with Gasteiger partial charge in [0.1, 0.15) is 0 Å². The number of nitrogens with one attached hydrogen (secondary N) is 1. The van der Waals surface area contributed by atoms with E-state index in [1.54, 1.807) is 0 Å². The van der Waals surface area contributed by atoms with E-state index in [2.05, 4.69) is 92.8 Å². The highest BCUT2D eigenvalue weighted by Gasteiger charge is 2.51. The minimum atomic E-state index is 0.235. The van der Waals surface area contributed by atoms with Gasteiger partial charge in [-0.2, -0.15) is 0 Å². The molecule has 2 aromatic rings. The molecule has 104 valence electrons. The van der Waals surface area contributed by atoms with Crippen LogP contribution in [0.3, 0.4) is 0 Å². The van der Waals surface area contributed by atoms with Crippen molar-refractivity contribution in [3.05, 3.63) is 68.6 Å². The van der Waals surface area contributed by atoms with Crippen molar-refractivity contribution >= 4 is 31.9 Å². The van der Waals surface area contributed by atoms with Gasteiger partial charge in [0, 0.05) is 20.4 Å². The predicted molar refractivity (Wildman–Crippen MR) is 91.0 cm³/mol. The third kappa shape index (κ3) is 2.47. The maximum absolute atomic E-state index is 3.70. The summed E-state index contributed by atoms with van der Waals surface area (Å²) >= 11 is 7.29. The minimum Gasteiger partial charge on any atom is -0.312 e. The smallest absolute Gasteiger partial charge is 0.0427 e. The van der Waals surface area contributed by atoms with E-state index in [1.807, 2.05) is 0 Å². The Morgan fingerprint density at radius 1 is 1.05 bits per heavy atom. The average molecular weight is 395 g/mol. The monoisotopic (exact) mass is 393 g/mol. The molecular formula is C17H17Br2N. The van der Waals surface area contributed by atoms with Gasteiger partial charge in [0.15, 0.2) is 0 Å². The van der Waals surface area contributed by atoms with Gasteiger partial charge in [-0.05, 0) is 49.2 Å². The Labute approximate surface area is 137 Å². The Morgan fingerprint density at radius 2 is 1.75 bits per heavy atom. The highest BCUT2D eigenvalue weighted by Crippen LogP contribution is 2.57. The lowest BCUT2D eigenvalue weighted by molar-refractivity contribution is 0.461. The van der Waals surface area contributed by atoms with Crippen LogP contribution >= 0.6 is 31.9 Å². The van der Waals surface area contributed by atoms with E-state index in [0.29, 0.717) is 6.04 Å². The molecule has 0 aliphatic heterocycles. The van der Waals surface area contributed by atoms with Crippen LogP contribution in [0, 0.1) is 0 Å². The molecule has 0 heterocycles. The van der Waals surface area contributed by atoms with Crippen molar-refractivity contribution in [1.29, 1.82) is 0 Å². The SMILES string of the molecule is CNC(c1cc(Br)ccc1Br)C1(c2ccccc2)CC1. The summed E-state index contributed by atoms with van der Waals surface area (Å²) in [7, 11) is 2.06. The summed E-state index contributed by atoms with van der Waals surface area (Å²) in [6.07, 6.45) is 2.48. The Balaban J connectivity index is 2.04. The van der Waals surface area contributed by atoms with E-state index < -0.39 is 0 Å². The van der Waals surface area contributed by atoms with Gasteiger partial charge in [-0.1, -0.05) is 62.2 Å². The second kappa shape index (κ2) is 5.63. The largest absolute Gasteiger partial charge is 0.312 e. The van der Waals surface area contributed by atoms with Crippen LogP contribution in [0.15, 0.2) is 57.5 Å². The summed E-state index contributed by atoms with van der Waals surface area (Å²) < 4.78 is 2.29. The molecule has 3 rings (SSSR count). The Kier molecular flexibility index (Phi) is 4.02. The van der Waals surface area contributed by atoms with Crippen molar-refractivity contribution in [3.8, 4) is 0 Å². The van der Waals surface area contributed by atoms with Gasteiger partial charge in [-0.3, -0.25) is 0 Å². The Morgan fingerprint density at radius 3 is 2.35 bits per heavy atom. The van der Waals surface area contributed by atoms with Crippen molar-refractivity contribution in [2.75, 3.05) is 7.05 Å². The van der Waals surface area contributed by atoms with Crippen LogP contribution in [0.1, 0.15) is 30.0 Å². The molecule has 1 aliphatic rings. The molecule has 0 radical (unpaired) electrons. The third-order valence-electron chi connectivity index (χ3n) is 4.25. The first-order valence-electron chi connectivity index (χ1n) is 6.85. The molecule has 3 heteroatoms. The second-order valence-electron chi connectivity index (χ2n) is 5.41. The van der Waals surface area contributed by atoms with Crippen molar-refractivity contribution < 1.29 is 0 Å². The third-order valence-corrected chi connectivity index (χ3v) is 5.46. The maximum atomic E-state index is 3.70. The number of benzene rings is 2. The Bertz CT molecular complexity index is 606. The standard InChI is InChI=1S/C17H17Br2N/c1-20-16(14-11-13(18)7-8-15(14)19)17(9-10-17)12-5-3-2-4-6-12/h2-8,11,16,20H,9-10H2,1H3. The topological polar surface area (TPSA) is 12.0 Å². The molecule has 1 unspecified atom stereocenters. The van der Waals surface area contributed by atoms with Gasteiger partial charge in [0.05, 0.1) is 0 Å². The lowest BCUT2D eigenvalue weighted by atomic mass is 9.84. The molecular weight excluding hydrogens is 378 g/mol. The van der Waals surface area contributed by atoms with Crippen molar-refractivity contribution in [2.24, 2.45) is 0 Å². The fourth-order valence-electron chi connectivity index (χ4n) is 3.11. The van der Waals surface area contributed by atoms with Crippen LogP contribution in [0.4, 0.5) is 0 Å². The molecule has 1 nitrogen and oxygen atoms in total. The number of hydrogen-bond donors (Lipinski definition) is 1. The lowest BCUT2D eigenvalue weighted by Crippen LogP contribution is -2.30. The van der Waals surface area contributed by atoms with E-state index in [1.165, 1.54) is 28.4 Å². The number of likely N-dealkylation sites (N-methyl/N-ethyl adjacent to an activating group) is 1. The molecule has 2 aromatic carbocycles. The first kappa shape index (κ1) is 14.3. The first-order chi connectivity index (χ1) is 9.67. The first-order valence-corrected chi connectivity index (χ1v) is 8.44. The van der Waals surface area contributed by atoms with Crippen LogP contribution in [-0.4, -0.2) is 7.05 Å². The van der Waals surface area contributed by atoms with Crippen LogP contribution in [0.5, 0.6) is 0 Å². The predicted octanol–water partition coefficient (Wildman–Crippen LogP) is 5.20. The zero-order valence-corrected chi connectivity index (χ0v) is 14.5. The molecule has 0 aromatic heterocycles. The molecule has 0 bridgehead atoms. The fraction of sp³-hybridized carbons (Fsp3) is 0.294. The summed E-state index contributed by atoms with van der Waals surface area (Å²) in [5.74, 6) is 0. The fourth-order valence-corrected chi connectivity index (χ4v) is 3.97. The van der Waals surface area contributed by atoms with Crippen LogP contribution in [-0.2, 0) is 5.41 Å². The van der Waals surface area contributed by atoms with Crippen molar-refractivity contribution in [1.82, 2.24) is 5.32 Å². The zero-order valence-electron chi connectivity index (χ0n) is 11.4. The molecule has 1 N–H and O–H groups in total. The molecule has 1 saturated carbocycles. The minimum absolute atomic E-state index is 0.235. The molecule has 0 saturated heterocycles.